The van der Waals surface area contributed by atoms with Crippen molar-refractivity contribution >= 4 is 25.4 Å². The molecule has 1 unspecified atom stereocenters. The molecule has 0 aromatic carbocycles. The zero-order valence-corrected chi connectivity index (χ0v) is 16.5. The number of rotatable bonds is 9. The van der Waals surface area contributed by atoms with Gasteiger partial charge in [-0.25, -0.2) is 9.36 Å². The molecule has 1 amide bonds. The predicted octanol–water partition coefficient (Wildman–Crippen LogP) is -3.26. The summed E-state index contributed by atoms with van der Waals surface area (Å²) in [4.78, 5) is 47.8. The third-order valence-electron chi connectivity index (χ3n) is 4.17. The number of ether oxygens (including phenoxy) is 1. The first-order chi connectivity index (χ1) is 13.9. The lowest BCUT2D eigenvalue weighted by atomic mass is 10.1. The standard InChI is InChI=1S/C14H22N5O10P/c1-16-6(4-9(20)21)12(24)18-30(26,27)28-5-7-10(22)11(23)13(29-7)19-3-2-8(15)17-14(19)25/h2-3,6-7,10-11,13,16,22-23H,4-5H2,1H3,(H,20,21)(H2,15,17,25)(H2,18,24,26,27)/t6-,7+,10+,11+,13+/m0/s1. The maximum atomic E-state index is 12.1. The van der Waals surface area contributed by atoms with Crippen LogP contribution in [-0.2, 0) is 23.4 Å². The molecule has 1 fully saturated rings. The van der Waals surface area contributed by atoms with E-state index in [9.17, 15) is 34.1 Å². The van der Waals surface area contributed by atoms with Gasteiger partial charge in [-0.15, -0.1) is 0 Å². The molecule has 168 valence electrons. The van der Waals surface area contributed by atoms with Gasteiger partial charge < -0.3 is 36.0 Å². The Balaban J connectivity index is 2.00. The summed E-state index contributed by atoms with van der Waals surface area (Å²) in [7, 11) is -3.48. The molecule has 1 aliphatic heterocycles. The van der Waals surface area contributed by atoms with Crippen LogP contribution in [0.1, 0.15) is 12.6 Å². The van der Waals surface area contributed by atoms with Crippen LogP contribution >= 0.6 is 7.75 Å². The van der Waals surface area contributed by atoms with Crippen LogP contribution in [-0.4, -0.2) is 79.6 Å². The summed E-state index contributed by atoms with van der Waals surface area (Å²) in [5.41, 5.74) is 4.52. The minimum absolute atomic E-state index is 0.0658. The number of likely N-dealkylation sites (N-methyl/N-ethyl adjacent to an activating group) is 1. The van der Waals surface area contributed by atoms with E-state index in [0.717, 1.165) is 4.57 Å². The van der Waals surface area contributed by atoms with Gasteiger partial charge in [0.25, 0.3) is 0 Å². The van der Waals surface area contributed by atoms with Crippen molar-refractivity contribution in [3.63, 3.8) is 0 Å². The van der Waals surface area contributed by atoms with Crippen LogP contribution in [0.5, 0.6) is 0 Å². The Hall–Kier alpha value is -2.39. The number of anilines is 1. The zero-order valence-electron chi connectivity index (χ0n) is 15.6. The van der Waals surface area contributed by atoms with Crippen molar-refractivity contribution in [3.05, 3.63) is 22.7 Å². The van der Waals surface area contributed by atoms with Crippen LogP contribution in [0.3, 0.4) is 0 Å². The van der Waals surface area contributed by atoms with Crippen LogP contribution < -0.4 is 21.8 Å². The highest BCUT2D eigenvalue weighted by Gasteiger charge is 2.45. The number of amides is 1. The molecule has 8 N–H and O–H groups in total. The van der Waals surface area contributed by atoms with E-state index in [1.54, 1.807) is 5.09 Å². The average Bonchev–Trinajstić information content (AvgIpc) is 2.92. The van der Waals surface area contributed by atoms with Crippen LogP contribution in [0.25, 0.3) is 0 Å². The second-order valence-corrected chi connectivity index (χ2v) is 7.84. The highest BCUT2D eigenvalue weighted by Crippen LogP contribution is 2.39. The molecule has 0 spiro atoms. The molecule has 2 rings (SSSR count). The quantitative estimate of drug-likeness (QED) is 0.183. The van der Waals surface area contributed by atoms with Crippen molar-refractivity contribution < 1.29 is 43.6 Å². The normalized spacial score (nSPS) is 26.7. The number of aliphatic hydroxyl groups is 2. The fourth-order valence-corrected chi connectivity index (χ4v) is 3.49. The van der Waals surface area contributed by atoms with E-state index in [4.69, 9.17) is 20.1 Å². The first kappa shape index (κ1) is 23.9. The maximum absolute atomic E-state index is 12.1. The van der Waals surface area contributed by atoms with Gasteiger partial charge in [0.05, 0.1) is 19.1 Å². The summed E-state index contributed by atoms with van der Waals surface area (Å²) in [6.07, 6.45) is -5.38. The van der Waals surface area contributed by atoms with Gasteiger partial charge in [0.2, 0.25) is 5.91 Å². The van der Waals surface area contributed by atoms with E-state index < -0.39 is 68.9 Å². The molecule has 16 heteroatoms. The number of hydrogen-bond acceptors (Lipinski definition) is 11. The summed E-state index contributed by atoms with van der Waals surface area (Å²) < 4.78 is 23.0. The SMILES string of the molecule is CN[C@@H](CC(=O)O)C(=O)NP(=O)(O)OC[C@H]1O[C@@H](n2ccc(N)nc2=O)[C@H](O)[C@@H]1O. The predicted molar refractivity (Wildman–Crippen MR) is 97.9 cm³/mol. The summed E-state index contributed by atoms with van der Waals surface area (Å²) >= 11 is 0. The third-order valence-corrected chi connectivity index (χ3v) is 5.17. The Morgan fingerprint density at radius 1 is 1.43 bits per heavy atom. The van der Waals surface area contributed by atoms with Gasteiger partial charge in [0, 0.05) is 6.20 Å². The number of nitrogen functional groups attached to an aromatic ring is 1. The Morgan fingerprint density at radius 3 is 2.67 bits per heavy atom. The number of carboxylic acids is 1. The van der Waals surface area contributed by atoms with E-state index in [1.807, 2.05) is 0 Å². The fourth-order valence-electron chi connectivity index (χ4n) is 2.64. The first-order valence-electron chi connectivity index (χ1n) is 8.50. The second-order valence-electron chi connectivity index (χ2n) is 6.32. The molecule has 6 atom stereocenters. The molecule has 30 heavy (non-hydrogen) atoms. The number of hydrogen-bond donors (Lipinski definition) is 7. The number of aliphatic carboxylic acids is 1. The molecule has 2 heterocycles. The van der Waals surface area contributed by atoms with Gasteiger partial charge in [0.15, 0.2) is 6.23 Å². The number of aliphatic hydroxyl groups excluding tert-OH is 2. The number of carbonyl (C=O) groups is 2. The topological polar surface area (TPSA) is 236 Å². The molecule has 1 saturated heterocycles. The maximum Gasteiger partial charge on any atom is 0.432 e. The number of nitrogens with two attached hydrogens (primary N) is 1. The first-order valence-corrected chi connectivity index (χ1v) is 10.1. The Kier molecular flexibility index (Phi) is 7.65. The van der Waals surface area contributed by atoms with Crippen molar-refractivity contribution in [1.82, 2.24) is 20.0 Å². The Bertz CT molecular complexity index is 894. The van der Waals surface area contributed by atoms with Crippen LogP contribution in [0.2, 0.25) is 0 Å². The molecule has 0 radical (unpaired) electrons. The van der Waals surface area contributed by atoms with Gasteiger partial charge in [0.1, 0.15) is 24.1 Å². The molecule has 0 aliphatic carbocycles. The van der Waals surface area contributed by atoms with Gasteiger partial charge in [-0.3, -0.25) is 23.8 Å². The Labute approximate surface area is 169 Å². The molecule has 1 aromatic rings. The highest BCUT2D eigenvalue weighted by atomic mass is 31.2. The lowest BCUT2D eigenvalue weighted by molar-refractivity contribution is -0.139. The van der Waals surface area contributed by atoms with Crippen LogP contribution in [0.15, 0.2) is 17.1 Å². The van der Waals surface area contributed by atoms with E-state index >= 15 is 0 Å². The molecule has 15 nitrogen and oxygen atoms in total. The smallest absolute Gasteiger partial charge is 0.432 e. The summed E-state index contributed by atoms with van der Waals surface area (Å²) in [5, 5.41) is 33.0. The van der Waals surface area contributed by atoms with Gasteiger partial charge >= 0.3 is 19.4 Å². The molecule has 0 bridgehead atoms. The van der Waals surface area contributed by atoms with Crippen molar-refractivity contribution in [1.29, 1.82) is 0 Å². The van der Waals surface area contributed by atoms with E-state index in [1.165, 1.54) is 19.3 Å². The van der Waals surface area contributed by atoms with Crippen LogP contribution in [0, 0.1) is 0 Å². The number of nitrogens with one attached hydrogen (secondary N) is 2. The largest absolute Gasteiger partial charge is 0.481 e. The lowest BCUT2D eigenvalue weighted by Crippen LogP contribution is -2.43. The van der Waals surface area contributed by atoms with Crippen molar-refractivity contribution in [2.24, 2.45) is 0 Å². The van der Waals surface area contributed by atoms with E-state index in [-0.39, 0.29) is 5.82 Å². The molecular formula is C14H22N5O10P. The Morgan fingerprint density at radius 2 is 2.10 bits per heavy atom. The number of carbonyl (C=O) groups excluding carboxylic acids is 1. The van der Waals surface area contributed by atoms with Gasteiger partial charge in [-0.05, 0) is 13.1 Å². The highest BCUT2D eigenvalue weighted by molar-refractivity contribution is 7.51. The van der Waals surface area contributed by atoms with Gasteiger partial charge in [-0.1, -0.05) is 0 Å². The van der Waals surface area contributed by atoms with Gasteiger partial charge in [-0.2, -0.15) is 4.98 Å². The monoisotopic (exact) mass is 451 g/mol. The third kappa shape index (κ3) is 5.82. The van der Waals surface area contributed by atoms with Crippen molar-refractivity contribution in [2.75, 3.05) is 19.4 Å². The minimum atomic E-state index is -4.77. The van der Waals surface area contributed by atoms with Crippen LogP contribution in [0.4, 0.5) is 5.82 Å². The second kappa shape index (κ2) is 9.61. The van der Waals surface area contributed by atoms with Crippen molar-refractivity contribution in [2.45, 2.75) is 37.0 Å². The number of nitrogens with zero attached hydrogens (tertiary/aromatic N) is 2. The molecule has 1 aliphatic rings. The number of carboxylic acid groups (broad SMARTS) is 1. The lowest BCUT2D eigenvalue weighted by Gasteiger charge is -2.20. The molecule has 1 aromatic heterocycles. The minimum Gasteiger partial charge on any atom is -0.481 e. The molecule has 0 saturated carbocycles. The summed E-state index contributed by atoms with van der Waals surface area (Å²) in [5.74, 6) is -2.48. The molecular weight excluding hydrogens is 429 g/mol. The summed E-state index contributed by atoms with van der Waals surface area (Å²) in [6.45, 7) is -0.747. The van der Waals surface area contributed by atoms with Crippen molar-refractivity contribution in [3.8, 4) is 0 Å². The van der Waals surface area contributed by atoms with E-state index in [0.29, 0.717) is 0 Å². The fraction of sp³-hybridized carbons (Fsp3) is 0.571. The number of aromatic nitrogens is 2. The van der Waals surface area contributed by atoms with E-state index in [2.05, 4.69) is 10.3 Å². The zero-order chi connectivity index (χ0) is 22.6. The average molecular weight is 451 g/mol. The summed E-state index contributed by atoms with van der Waals surface area (Å²) in [6, 6.07) is -0.0310.